The molecule has 2 nitrogen and oxygen atoms in total. The molecule has 0 aliphatic carbocycles. The fraction of sp³-hybridized carbons (Fsp3) is 0.538. The van der Waals surface area contributed by atoms with Crippen LogP contribution in [0.1, 0.15) is 29.5 Å². The van der Waals surface area contributed by atoms with Crippen molar-refractivity contribution in [2.45, 2.75) is 33.1 Å². The number of aliphatic hydroxyl groups is 1. The summed E-state index contributed by atoms with van der Waals surface area (Å²) in [5.41, 5.74) is 3.78. The smallest absolute Gasteiger partial charge is 0.122 e. The van der Waals surface area contributed by atoms with E-state index in [1.165, 1.54) is 16.7 Å². The number of benzene rings is 1. The lowest BCUT2D eigenvalue weighted by molar-refractivity contribution is 0.284. The minimum Gasteiger partial charge on any atom is -0.496 e. The standard InChI is InChI=1S/C13H20O2/c1-10-8-12(6-4-5-7-14)9-13(15-3)11(10)2/h8-9,14H,4-7H2,1-3H3. The molecule has 0 heterocycles. The summed E-state index contributed by atoms with van der Waals surface area (Å²) in [5.74, 6) is 0.967. The van der Waals surface area contributed by atoms with Gasteiger partial charge in [-0.15, -0.1) is 0 Å². The molecule has 0 bridgehead atoms. The van der Waals surface area contributed by atoms with Gasteiger partial charge >= 0.3 is 0 Å². The van der Waals surface area contributed by atoms with Crippen molar-refractivity contribution >= 4 is 0 Å². The van der Waals surface area contributed by atoms with E-state index in [4.69, 9.17) is 9.84 Å². The van der Waals surface area contributed by atoms with Crippen LogP contribution in [-0.4, -0.2) is 18.8 Å². The highest BCUT2D eigenvalue weighted by atomic mass is 16.5. The Kier molecular flexibility index (Phi) is 4.63. The summed E-state index contributed by atoms with van der Waals surface area (Å²) in [6.45, 7) is 4.46. The number of methoxy groups -OCH3 is 1. The van der Waals surface area contributed by atoms with Crippen LogP contribution in [0.3, 0.4) is 0 Å². The molecule has 0 aliphatic rings. The van der Waals surface area contributed by atoms with Gasteiger partial charge in [0, 0.05) is 6.61 Å². The Labute approximate surface area is 91.9 Å². The van der Waals surface area contributed by atoms with Crippen LogP contribution in [0.5, 0.6) is 5.75 Å². The number of aliphatic hydroxyl groups excluding tert-OH is 1. The second-order valence-electron chi connectivity index (χ2n) is 3.92. The highest BCUT2D eigenvalue weighted by molar-refractivity contribution is 5.42. The summed E-state index contributed by atoms with van der Waals surface area (Å²) in [5, 5.41) is 8.72. The molecular weight excluding hydrogens is 188 g/mol. The summed E-state index contributed by atoms with van der Waals surface area (Å²) in [7, 11) is 1.71. The van der Waals surface area contributed by atoms with Gasteiger partial charge in [0.1, 0.15) is 5.75 Å². The van der Waals surface area contributed by atoms with E-state index in [1.807, 2.05) is 0 Å². The molecule has 2 heteroatoms. The van der Waals surface area contributed by atoms with Crippen LogP contribution in [0, 0.1) is 13.8 Å². The molecule has 0 unspecified atom stereocenters. The van der Waals surface area contributed by atoms with E-state index in [9.17, 15) is 0 Å². The Bertz CT molecular complexity index is 319. The highest BCUT2D eigenvalue weighted by Gasteiger charge is 2.04. The van der Waals surface area contributed by atoms with Gasteiger partial charge in [0.15, 0.2) is 0 Å². The minimum atomic E-state index is 0.280. The average molecular weight is 208 g/mol. The van der Waals surface area contributed by atoms with Gasteiger partial charge in [0.25, 0.3) is 0 Å². The molecule has 0 atom stereocenters. The first-order valence-electron chi connectivity index (χ1n) is 5.44. The van der Waals surface area contributed by atoms with Crippen molar-refractivity contribution in [2.75, 3.05) is 13.7 Å². The number of hydrogen-bond donors (Lipinski definition) is 1. The monoisotopic (exact) mass is 208 g/mol. The van der Waals surface area contributed by atoms with Crippen molar-refractivity contribution in [3.8, 4) is 5.75 Å². The van der Waals surface area contributed by atoms with Gasteiger partial charge in [-0.05, 0) is 55.9 Å². The maximum absolute atomic E-state index is 8.72. The third kappa shape index (κ3) is 3.24. The molecule has 0 spiro atoms. The van der Waals surface area contributed by atoms with Gasteiger partial charge < -0.3 is 9.84 Å². The van der Waals surface area contributed by atoms with Gasteiger partial charge in [0.05, 0.1) is 7.11 Å². The molecule has 1 aromatic carbocycles. The normalized spacial score (nSPS) is 10.4. The first kappa shape index (κ1) is 12.1. The van der Waals surface area contributed by atoms with E-state index in [-0.39, 0.29) is 6.61 Å². The molecule has 1 aromatic rings. The second kappa shape index (κ2) is 5.76. The van der Waals surface area contributed by atoms with Gasteiger partial charge in [-0.1, -0.05) is 6.07 Å². The summed E-state index contributed by atoms with van der Waals surface area (Å²) in [6.07, 6.45) is 2.91. The lowest BCUT2D eigenvalue weighted by atomic mass is 10.0. The van der Waals surface area contributed by atoms with E-state index in [1.54, 1.807) is 7.11 Å². The number of rotatable bonds is 5. The number of aryl methyl sites for hydroxylation is 2. The van der Waals surface area contributed by atoms with Gasteiger partial charge in [-0.2, -0.15) is 0 Å². The third-order valence-electron chi connectivity index (χ3n) is 2.77. The van der Waals surface area contributed by atoms with Gasteiger partial charge in [0.2, 0.25) is 0 Å². The second-order valence-corrected chi connectivity index (χ2v) is 3.92. The molecule has 1 rings (SSSR count). The fourth-order valence-corrected chi connectivity index (χ4v) is 1.70. The van der Waals surface area contributed by atoms with E-state index >= 15 is 0 Å². The number of unbranched alkanes of at least 4 members (excludes halogenated alkanes) is 1. The first-order chi connectivity index (χ1) is 7.19. The molecule has 0 radical (unpaired) electrons. The van der Waals surface area contributed by atoms with Crippen LogP contribution < -0.4 is 4.74 Å². The van der Waals surface area contributed by atoms with Crippen LogP contribution in [0.2, 0.25) is 0 Å². The maximum atomic E-state index is 8.72. The molecule has 0 aromatic heterocycles. The summed E-state index contributed by atoms with van der Waals surface area (Å²) in [4.78, 5) is 0. The third-order valence-corrected chi connectivity index (χ3v) is 2.77. The number of ether oxygens (including phenoxy) is 1. The van der Waals surface area contributed by atoms with E-state index in [0.717, 1.165) is 25.0 Å². The zero-order valence-electron chi connectivity index (χ0n) is 9.84. The SMILES string of the molecule is COc1cc(CCCCO)cc(C)c1C. The Morgan fingerprint density at radius 3 is 2.53 bits per heavy atom. The molecule has 0 aliphatic heterocycles. The Morgan fingerprint density at radius 1 is 1.20 bits per heavy atom. The van der Waals surface area contributed by atoms with E-state index in [0.29, 0.717) is 0 Å². The Hall–Kier alpha value is -1.02. The fourth-order valence-electron chi connectivity index (χ4n) is 1.70. The van der Waals surface area contributed by atoms with Crippen LogP contribution in [0.15, 0.2) is 12.1 Å². The van der Waals surface area contributed by atoms with Crippen molar-refractivity contribution in [1.82, 2.24) is 0 Å². The average Bonchev–Trinajstić information content (AvgIpc) is 2.23. The van der Waals surface area contributed by atoms with E-state index in [2.05, 4.69) is 26.0 Å². The molecule has 0 saturated carbocycles. The molecule has 0 saturated heterocycles. The van der Waals surface area contributed by atoms with Crippen LogP contribution >= 0.6 is 0 Å². The lowest BCUT2D eigenvalue weighted by Crippen LogP contribution is -1.95. The topological polar surface area (TPSA) is 29.5 Å². The predicted octanol–water partition coefficient (Wildman–Crippen LogP) is 2.63. The molecule has 84 valence electrons. The first-order valence-corrected chi connectivity index (χ1v) is 5.44. The quantitative estimate of drug-likeness (QED) is 0.754. The zero-order valence-corrected chi connectivity index (χ0v) is 9.84. The summed E-state index contributed by atoms with van der Waals surface area (Å²) < 4.78 is 5.32. The van der Waals surface area contributed by atoms with Gasteiger partial charge in [-0.3, -0.25) is 0 Å². The largest absolute Gasteiger partial charge is 0.496 e. The van der Waals surface area contributed by atoms with Crippen molar-refractivity contribution in [1.29, 1.82) is 0 Å². The highest BCUT2D eigenvalue weighted by Crippen LogP contribution is 2.24. The summed E-state index contributed by atoms with van der Waals surface area (Å²) in [6, 6.07) is 4.30. The van der Waals surface area contributed by atoms with Crippen molar-refractivity contribution < 1.29 is 9.84 Å². The van der Waals surface area contributed by atoms with Crippen molar-refractivity contribution in [3.05, 3.63) is 28.8 Å². The molecule has 0 amide bonds. The lowest BCUT2D eigenvalue weighted by Gasteiger charge is -2.10. The maximum Gasteiger partial charge on any atom is 0.122 e. The predicted molar refractivity (Wildman–Crippen MR) is 62.5 cm³/mol. The molecule has 1 N–H and O–H groups in total. The zero-order chi connectivity index (χ0) is 11.3. The minimum absolute atomic E-state index is 0.280. The van der Waals surface area contributed by atoms with Crippen molar-refractivity contribution in [3.63, 3.8) is 0 Å². The Morgan fingerprint density at radius 2 is 1.93 bits per heavy atom. The molecular formula is C13H20O2. The van der Waals surface area contributed by atoms with Crippen LogP contribution in [0.25, 0.3) is 0 Å². The Balaban J connectivity index is 2.77. The number of hydrogen-bond acceptors (Lipinski definition) is 2. The van der Waals surface area contributed by atoms with Crippen LogP contribution in [0.4, 0.5) is 0 Å². The van der Waals surface area contributed by atoms with Crippen molar-refractivity contribution in [2.24, 2.45) is 0 Å². The molecule has 0 fully saturated rings. The van der Waals surface area contributed by atoms with Crippen LogP contribution in [-0.2, 0) is 6.42 Å². The molecule has 15 heavy (non-hydrogen) atoms. The summed E-state index contributed by atoms with van der Waals surface area (Å²) >= 11 is 0. The van der Waals surface area contributed by atoms with Gasteiger partial charge in [-0.25, -0.2) is 0 Å². The van der Waals surface area contributed by atoms with E-state index < -0.39 is 0 Å².